The number of phenolic OH excluding ortho intramolecular Hbond substituents is 1. The maximum atomic E-state index is 14.4. The Morgan fingerprint density at radius 3 is 2.23 bits per heavy atom. The minimum absolute atomic E-state index is 0.0228. The Hall–Kier alpha value is -4.79. The lowest BCUT2D eigenvalue weighted by Gasteiger charge is -2.34. The minimum atomic E-state index is -1.10. The largest absolute Gasteiger partial charge is 0.508 e. The Labute approximate surface area is 253 Å². The lowest BCUT2D eigenvalue weighted by Crippen LogP contribution is -2.53. The number of methoxy groups -OCH3 is 1. The van der Waals surface area contributed by atoms with E-state index in [4.69, 9.17) is 9.47 Å². The van der Waals surface area contributed by atoms with Gasteiger partial charge in [-0.1, -0.05) is 42.0 Å². The highest BCUT2D eigenvalue weighted by molar-refractivity contribution is 5.99. The standard InChI is InChI=1S/C34H41N3O6/c1-8-19-37(32(40)29(36-33(41)43-34(4,5)6)21-24-11-15-26(38)16-12-24)30(28-20-22(2)9-10-23(28)3)31(39)35-25-13-17-27(42-7)18-14-25/h8-18,20,29-30,38H,1,19,21H2,2-7H3,(H,35,39)(H,36,41). The van der Waals surface area contributed by atoms with Crippen LogP contribution in [0.4, 0.5) is 10.5 Å². The van der Waals surface area contributed by atoms with Crippen LogP contribution < -0.4 is 15.4 Å². The highest BCUT2D eigenvalue weighted by Crippen LogP contribution is 2.29. The molecule has 0 spiro atoms. The van der Waals surface area contributed by atoms with E-state index in [0.29, 0.717) is 22.6 Å². The first kappa shape index (κ1) is 32.7. The van der Waals surface area contributed by atoms with Gasteiger partial charge in [0.15, 0.2) is 0 Å². The van der Waals surface area contributed by atoms with Crippen molar-refractivity contribution in [2.75, 3.05) is 19.0 Å². The topological polar surface area (TPSA) is 117 Å². The molecule has 0 bridgehead atoms. The number of carbonyl (C=O) groups excluding carboxylic acids is 3. The van der Waals surface area contributed by atoms with Gasteiger partial charge in [0, 0.05) is 18.7 Å². The lowest BCUT2D eigenvalue weighted by molar-refractivity contribution is -0.140. The number of nitrogens with zero attached hydrogens (tertiary/aromatic N) is 1. The smallest absolute Gasteiger partial charge is 0.408 e. The van der Waals surface area contributed by atoms with Crippen molar-refractivity contribution in [3.8, 4) is 11.5 Å². The van der Waals surface area contributed by atoms with Gasteiger partial charge in [-0.3, -0.25) is 9.59 Å². The average molecular weight is 588 g/mol. The Bertz CT molecular complexity index is 1430. The molecule has 3 amide bonds. The zero-order valence-electron chi connectivity index (χ0n) is 25.6. The maximum Gasteiger partial charge on any atom is 0.408 e. The van der Waals surface area contributed by atoms with E-state index < -0.39 is 35.6 Å². The van der Waals surface area contributed by atoms with Crippen molar-refractivity contribution in [2.45, 2.75) is 58.7 Å². The highest BCUT2D eigenvalue weighted by atomic mass is 16.6. The Balaban J connectivity index is 2.07. The number of aryl methyl sites for hydroxylation is 2. The quantitative estimate of drug-likeness (QED) is 0.243. The van der Waals surface area contributed by atoms with Gasteiger partial charge in [-0.05, 0) is 87.7 Å². The second-order valence-corrected chi connectivity index (χ2v) is 11.3. The summed E-state index contributed by atoms with van der Waals surface area (Å²) in [6.45, 7) is 12.9. The summed E-state index contributed by atoms with van der Waals surface area (Å²) in [7, 11) is 1.56. The lowest BCUT2D eigenvalue weighted by atomic mass is 9.95. The van der Waals surface area contributed by atoms with Crippen LogP contribution in [0.2, 0.25) is 0 Å². The molecule has 3 N–H and O–H groups in total. The van der Waals surface area contributed by atoms with Crippen molar-refractivity contribution in [2.24, 2.45) is 0 Å². The van der Waals surface area contributed by atoms with Crippen molar-refractivity contribution in [1.29, 1.82) is 0 Å². The molecule has 0 aliphatic carbocycles. The van der Waals surface area contributed by atoms with Gasteiger partial charge in [0.25, 0.3) is 5.91 Å². The van der Waals surface area contributed by atoms with Crippen LogP contribution in [0, 0.1) is 13.8 Å². The Kier molecular flexibility index (Phi) is 11.0. The molecule has 3 aromatic carbocycles. The number of rotatable bonds is 11. The first-order chi connectivity index (χ1) is 20.3. The van der Waals surface area contributed by atoms with Gasteiger partial charge in [-0.25, -0.2) is 4.79 Å². The summed E-state index contributed by atoms with van der Waals surface area (Å²) in [4.78, 5) is 42.8. The van der Waals surface area contributed by atoms with E-state index >= 15 is 0 Å². The molecular formula is C34H41N3O6. The second kappa shape index (κ2) is 14.4. The van der Waals surface area contributed by atoms with Crippen molar-refractivity contribution < 1.29 is 29.0 Å². The molecule has 0 radical (unpaired) electrons. The molecule has 2 unspecified atom stereocenters. The third-order valence-corrected chi connectivity index (χ3v) is 6.62. The molecule has 43 heavy (non-hydrogen) atoms. The van der Waals surface area contributed by atoms with Gasteiger partial charge in [0.2, 0.25) is 5.91 Å². The molecule has 9 nitrogen and oxygen atoms in total. The highest BCUT2D eigenvalue weighted by Gasteiger charge is 2.36. The van der Waals surface area contributed by atoms with Gasteiger partial charge in [-0.2, -0.15) is 0 Å². The first-order valence-electron chi connectivity index (χ1n) is 14.0. The van der Waals surface area contributed by atoms with Crippen LogP contribution in [-0.2, 0) is 20.7 Å². The number of hydrogen-bond acceptors (Lipinski definition) is 6. The number of nitrogens with one attached hydrogen (secondary N) is 2. The third kappa shape index (κ3) is 9.36. The Morgan fingerprint density at radius 1 is 1.00 bits per heavy atom. The van der Waals surface area contributed by atoms with Gasteiger partial charge < -0.3 is 30.1 Å². The predicted octanol–water partition coefficient (Wildman–Crippen LogP) is 5.85. The fraction of sp³-hybridized carbons (Fsp3) is 0.324. The summed E-state index contributed by atoms with van der Waals surface area (Å²) in [6.07, 6.45) is 0.863. The van der Waals surface area contributed by atoms with Crippen LogP contribution in [0.1, 0.15) is 49.1 Å². The summed E-state index contributed by atoms with van der Waals surface area (Å²) < 4.78 is 10.7. The van der Waals surface area contributed by atoms with E-state index in [9.17, 15) is 19.5 Å². The molecule has 0 aromatic heterocycles. The number of carbonyl (C=O) groups is 3. The van der Waals surface area contributed by atoms with Gasteiger partial charge in [0.05, 0.1) is 7.11 Å². The van der Waals surface area contributed by atoms with Crippen LogP contribution >= 0.6 is 0 Å². The van der Waals surface area contributed by atoms with Crippen LogP contribution in [0.3, 0.4) is 0 Å². The zero-order valence-corrected chi connectivity index (χ0v) is 25.6. The number of benzene rings is 3. The number of hydrogen-bond donors (Lipinski definition) is 3. The summed E-state index contributed by atoms with van der Waals surface area (Å²) in [5, 5.41) is 15.4. The van der Waals surface area contributed by atoms with Crippen molar-refractivity contribution in [3.63, 3.8) is 0 Å². The summed E-state index contributed by atoms with van der Waals surface area (Å²) in [6, 6.07) is 16.8. The molecule has 0 aliphatic heterocycles. The summed E-state index contributed by atoms with van der Waals surface area (Å²) >= 11 is 0. The average Bonchev–Trinajstić information content (AvgIpc) is 2.94. The monoisotopic (exact) mass is 587 g/mol. The van der Waals surface area contributed by atoms with Crippen LogP contribution in [-0.4, -0.2) is 53.2 Å². The summed E-state index contributed by atoms with van der Waals surface area (Å²) in [5.74, 6) is -0.229. The molecular weight excluding hydrogens is 546 g/mol. The number of amides is 3. The Morgan fingerprint density at radius 2 is 1.65 bits per heavy atom. The van der Waals surface area contributed by atoms with Crippen LogP contribution in [0.15, 0.2) is 79.4 Å². The van der Waals surface area contributed by atoms with E-state index in [1.807, 2.05) is 32.0 Å². The van der Waals surface area contributed by atoms with Crippen LogP contribution in [0.5, 0.6) is 11.5 Å². The van der Waals surface area contributed by atoms with Crippen molar-refractivity contribution >= 4 is 23.6 Å². The van der Waals surface area contributed by atoms with Gasteiger partial charge >= 0.3 is 6.09 Å². The molecule has 228 valence electrons. The van der Waals surface area contributed by atoms with E-state index in [1.165, 1.54) is 17.0 Å². The zero-order chi connectivity index (χ0) is 31.7. The number of ether oxygens (including phenoxy) is 2. The predicted molar refractivity (Wildman–Crippen MR) is 167 cm³/mol. The SMILES string of the molecule is C=CCN(C(=O)C(Cc1ccc(O)cc1)NC(=O)OC(C)(C)C)C(C(=O)Nc1ccc(OC)cc1)c1cc(C)ccc1C. The number of anilines is 1. The van der Waals surface area contributed by atoms with Gasteiger partial charge in [0.1, 0.15) is 29.2 Å². The van der Waals surface area contributed by atoms with E-state index in [1.54, 1.807) is 70.4 Å². The molecule has 0 saturated carbocycles. The molecule has 9 heteroatoms. The normalized spacial score (nSPS) is 12.4. The molecule has 0 heterocycles. The van der Waals surface area contributed by atoms with Crippen molar-refractivity contribution in [3.05, 3.63) is 102 Å². The van der Waals surface area contributed by atoms with Crippen molar-refractivity contribution in [1.82, 2.24) is 10.2 Å². The van der Waals surface area contributed by atoms with E-state index in [2.05, 4.69) is 17.2 Å². The fourth-order valence-electron chi connectivity index (χ4n) is 4.57. The first-order valence-corrected chi connectivity index (χ1v) is 14.0. The molecule has 3 aromatic rings. The number of phenols is 1. The maximum absolute atomic E-state index is 14.4. The second-order valence-electron chi connectivity index (χ2n) is 11.3. The van der Waals surface area contributed by atoms with E-state index in [0.717, 1.165) is 11.1 Å². The molecule has 3 rings (SSSR count). The number of alkyl carbamates (subject to hydrolysis) is 1. The molecule has 2 atom stereocenters. The molecule has 0 saturated heterocycles. The molecule has 0 aliphatic rings. The van der Waals surface area contributed by atoms with Crippen LogP contribution in [0.25, 0.3) is 0 Å². The van der Waals surface area contributed by atoms with E-state index in [-0.39, 0.29) is 18.7 Å². The fourth-order valence-corrected chi connectivity index (χ4v) is 4.57. The molecule has 0 fully saturated rings. The third-order valence-electron chi connectivity index (χ3n) is 6.62. The summed E-state index contributed by atoms with van der Waals surface area (Å²) in [5.41, 5.74) is 2.80. The van der Waals surface area contributed by atoms with Gasteiger partial charge in [-0.15, -0.1) is 6.58 Å². The minimum Gasteiger partial charge on any atom is -0.508 e. The number of aromatic hydroxyl groups is 1.